The van der Waals surface area contributed by atoms with E-state index in [1.807, 2.05) is 0 Å². The fourth-order valence-corrected chi connectivity index (χ4v) is 4.31. The second kappa shape index (κ2) is 10.9. The molecular weight excluding hydrogens is 497 g/mol. The minimum Gasteiger partial charge on any atom is -0.493 e. The first-order chi connectivity index (χ1) is 16.9. The number of benzene rings is 3. The molecule has 0 aliphatic rings. The van der Waals surface area contributed by atoms with Crippen LogP contribution >= 0.6 is 0 Å². The van der Waals surface area contributed by atoms with E-state index in [4.69, 9.17) is 9.47 Å². The standard InChI is InChI=1S/C25H25F3N2O5S/c1-34-22-13-6-18(14-23(22)35-2)15-29-24(31)19-7-4-17(5-8-19)16-30(36(3,32)33)21-11-9-20(10-12-21)25(26,27)28/h4-14H,15-16H2,1-3H3,(H,29,31). The maximum atomic E-state index is 12.8. The monoisotopic (exact) mass is 522 g/mol. The number of sulfonamides is 1. The smallest absolute Gasteiger partial charge is 0.416 e. The first-order valence-corrected chi connectivity index (χ1v) is 12.5. The summed E-state index contributed by atoms with van der Waals surface area (Å²) in [5.74, 6) is 0.777. The van der Waals surface area contributed by atoms with Gasteiger partial charge in [0.15, 0.2) is 11.5 Å². The molecule has 3 rings (SSSR count). The Kier molecular flexibility index (Phi) is 8.13. The van der Waals surface area contributed by atoms with E-state index in [-0.39, 0.29) is 24.7 Å². The van der Waals surface area contributed by atoms with E-state index in [1.54, 1.807) is 42.5 Å². The summed E-state index contributed by atoms with van der Waals surface area (Å²) in [6.07, 6.45) is -3.55. The Morgan fingerprint density at radius 3 is 2.00 bits per heavy atom. The molecule has 0 saturated carbocycles. The fraction of sp³-hybridized carbons (Fsp3) is 0.240. The van der Waals surface area contributed by atoms with Gasteiger partial charge in [-0.25, -0.2) is 8.42 Å². The predicted molar refractivity (Wildman–Crippen MR) is 130 cm³/mol. The minimum atomic E-state index is -4.52. The van der Waals surface area contributed by atoms with Crippen LogP contribution in [0.15, 0.2) is 66.7 Å². The highest BCUT2D eigenvalue weighted by Crippen LogP contribution is 2.31. The van der Waals surface area contributed by atoms with E-state index in [0.29, 0.717) is 22.6 Å². The summed E-state index contributed by atoms with van der Waals surface area (Å²) in [5, 5.41) is 2.80. The van der Waals surface area contributed by atoms with Crippen LogP contribution in [0.2, 0.25) is 0 Å². The van der Waals surface area contributed by atoms with E-state index < -0.39 is 21.8 Å². The van der Waals surface area contributed by atoms with Crippen LogP contribution in [0.4, 0.5) is 18.9 Å². The van der Waals surface area contributed by atoms with Gasteiger partial charge in [0.1, 0.15) is 0 Å². The number of carbonyl (C=O) groups is 1. The average Bonchev–Trinajstić information content (AvgIpc) is 2.84. The molecule has 0 aromatic heterocycles. The van der Waals surface area contributed by atoms with E-state index >= 15 is 0 Å². The SMILES string of the molecule is COc1ccc(CNC(=O)c2ccc(CN(c3ccc(C(F)(F)F)cc3)S(C)(=O)=O)cc2)cc1OC. The van der Waals surface area contributed by atoms with Gasteiger partial charge in [-0.1, -0.05) is 18.2 Å². The van der Waals surface area contributed by atoms with Crippen LogP contribution in [0.5, 0.6) is 11.5 Å². The number of anilines is 1. The van der Waals surface area contributed by atoms with E-state index in [0.717, 1.165) is 40.4 Å². The van der Waals surface area contributed by atoms with E-state index in [1.165, 1.54) is 14.2 Å². The van der Waals surface area contributed by atoms with Crippen molar-refractivity contribution in [3.8, 4) is 11.5 Å². The molecule has 36 heavy (non-hydrogen) atoms. The topological polar surface area (TPSA) is 84.9 Å². The van der Waals surface area contributed by atoms with Gasteiger partial charge < -0.3 is 14.8 Å². The van der Waals surface area contributed by atoms with Crippen LogP contribution in [0.1, 0.15) is 27.0 Å². The lowest BCUT2D eigenvalue weighted by molar-refractivity contribution is -0.137. The number of alkyl halides is 3. The Morgan fingerprint density at radius 2 is 1.47 bits per heavy atom. The highest BCUT2D eigenvalue weighted by molar-refractivity contribution is 7.92. The third kappa shape index (κ3) is 6.69. The van der Waals surface area contributed by atoms with Crippen molar-refractivity contribution in [3.05, 3.63) is 89.0 Å². The minimum absolute atomic E-state index is 0.0993. The zero-order valence-electron chi connectivity index (χ0n) is 19.8. The number of carbonyl (C=O) groups excluding carboxylic acids is 1. The third-order valence-corrected chi connectivity index (χ3v) is 6.47. The molecule has 192 valence electrons. The molecule has 1 amide bonds. The van der Waals surface area contributed by atoms with Crippen molar-refractivity contribution in [1.82, 2.24) is 5.32 Å². The van der Waals surface area contributed by atoms with Crippen LogP contribution in [0, 0.1) is 0 Å². The molecule has 0 aliphatic heterocycles. The van der Waals surface area contributed by atoms with Crippen molar-refractivity contribution < 1.29 is 35.9 Å². The van der Waals surface area contributed by atoms with Crippen LogP contribution in [-0.2, 0) is 29.3 Å². The number of hydrogen-bond acceptors (Lipinski definition) is 5. The lowest BCUT2D eigenvalue weighted by Gasteiger charge is -2.23. The number of amides is 1. The molecule has 0 bridgehead atoms. The van der Waals surface area contributed by atoms with E-state index in [9.17, 15) is 26.4 Å². The summed E-state index contributed by atoms with van der Waals surface area (Å²) in [4.78, 5) is 12.6. The maximum absolute atomic E-state index is 12.8. The van der Waals surface area contributed by atoms with Crippen molar-refractivity contribution in [2.45, 2.75) is 19.3 Å². The summed E-state index contributed by atoms with van der Waals surface area (Å²) in [7, 11) is -0.740. The summed E-state index contributed by atoms with van der Waals surface area (Å²) < 4.78 is 74.6. The fourth-order valence-electron chi connectivity index (χ4n) is 3.42. The summed E-state index contributed by atoms with van der Waals surface area (Å²) in [6, 6.07) is 15.5. The quantitative estimate of drug-likeness (QED) is 0.444. The number of halogens is 3. The molecule has 0 heterocycles. The molecule has 0 aliphatic carbocycles. The lowest BCUT2D eigenvalue weighted by atomic mass is 10.1. The van der Waals surface area contributed by atoms with Gasteiger partial charge in [-0.05, 0) is 59.7 Å². The number of nitrogens with one attached hydrogen (secondary N) is 1. The van der Waals surface area contributed by atoms with Crippen molar-refractivity contribution in [1.29, 1.82) is 0 Å². The van der Waals surface area contributed by atoms with Gasteiger partial charge in [0.25, 0.3) is 5.91 Å². The van der Waals surface area contributed by atoms with Gasteiger partial charge in [-0.15, -0.1) is 0 Å². The molecule has 0 spiro atoms. The molecule has 11 heteroatoms. The highest BCUT2D eigenvalue weighted by Gasteiger charge is 2.30. The average molecular weight is 523 g/mol. The Morgan fingerprint density at radius 1 is 0.889 bits per heavy atom. The van der Waals surface area contributed by atoms with Crippen LogP contribution in [0.3, 0.4) is 0 Å². The Bertz CT molecular complexity index is 1310. The maximum Gasteiger partial charge on any atom is 0.416 e. The van der Waals surface area contributed by atoms with Crippen LogP contribution in [0.25, 0.3) is 0 Å². The number of methoxy groups -OCH3 is 2. The zero-order valence-corrected chi connectivity index (χ0v) is 20.6. The van der Waals surface area contributed by atoms with Crippen molar-refractivity contribution in [2.75, 3.05) is 24.8 Å². The van der Waals surface area contributed by atoms with Crippen LogP contribution < -0.4 is 19.1 Å². The van der Waals surface area contributed by atoms with Crippen LogP contribution in [-0.4, -0.2) is 34.8 Å². The molecule has 0 atom stereocenters. The van der Waals surface area contributed by atoms with Gasteiger partial charge >= 0.3 is 6.18 Å². The summed E-state index contributed by atoms with van der Waals surface area (Å²) in [5.41, 5.74) is 0.944. The molecule has 0 fully saturated rings. The van der Waals surface area contributed by atoms with Gasteiger partial charge in [-0.2, -0.15) is 13.2 Å². The Labute approximate surface area is 207 Å². The summed E-state index contributed by atoms with van der Waals surface area (Å²) >= 11 is 0. The molecule has 3 aromatic carbocycles. The molecule has 7 nitrogen and oxygen atoms in total. The first kappa shape index (κ1) is 26.9. The molecule has 0 unspecified atom stereocenters. The largest absolute Gasteiger partial charge is 0.493 e. The number of rotatable bonds is 9. The van der Waals surface area contributed by atoms with Gasteiger partial charge in [0.2, 0.25) is 10.0 Å². The zero-order chi connectivity index (χ0) is 26.5. The van der Waals surface area contributed by atoms with Crippen molar-refractivity contribution in [3.63, 3.8) is 0 Å². The van der Waals surface area contributed by atoms with Crippen molar-refractivity contribution >= 4 is 21.6 Å². The number of hydrogen-bond donors (Lipinski definition) is 1. The number of ether oxygens (including phenoxy) is 2. The molecule has 1 N–H and O–H groups in total. The summed E-state index contributed by atoms with van der Waals surface area (Å²) in [6.45, 7) is 0.133. The predicted octanol–water partition coefficient (Wildman–Crippen LogP) is 4.62. The molecule has 0 saturated heterocycles. The molecule has 3 aromatic rings. The van der Waals surface area contributed by atoms with Crippen molar-refractivity contribution in [2.24, 2.45) is 0 Å². The second-order valence-corrected chi connectivity index (χ2v) is 9.79. The highest BCUT2D eigenvalue weighted by atomic mass is 32.2. The van der Waals surface area contributed by atoms with Gasteiger partial charge in [0, 0.05) is 12.1 Å². The van der Waals surface area contributed by atoms with Gasteiger partial charge in [-0.3, -0.25) is 9.10 Å². The third-order valence-electron chi connectivity index (χ3n) is 5.33. The molecule has 0 radical (unpaired) electrons. The first-order valence-electron chi connectivity index (χ1n) is 10.7. The Hall–Kier alpha value is -3.73. The number of nitrogens with zero attached hydrogens (tertiary/aromatic N) is 1. The molecular formula is C25H25F3N2O5S. The van der Waals surface area contributed by atoms with Gasteiger partial charge in [0.05, 0.1) is 38.3 Å². The lowest BCUT2D eigenvalue weighted by Crippen LogP contribution is -2.29. The second-order valence-electron chi connectivity index (χ2n) is 7.88. The van der Waals surface area contributed by atoms with E-state index in [2.05, 4.69) is 5.32 Å². The normalized spacial score (nSPS) is 11.6. The Balaban J connectivity index is 1.69.